The first-order valence-electron chi connectivity index (χ1n) is 4.47. The molecule has 1 aromatic rings. The van der Waals surface area contributed by atoms with Gasteiger partial charge in [-0.25, -0.2) is 0 Å². The third kappa shape index (κ3) is 1.91. The molecule has 16 heavy (non-hydrogen) atoms. The molecule has 2 rings (SSSR count). The molecule has 1 aromatic carbocycles. The molecule has 0 bridgehead atoms. The summed E-state index contributed by atoms with van der Waals surface area (Å²) in [6.45, 7) is 0. The lowest BCUT2D eigenvalue weighted by Gasteiger charge is -2.06. The highest BCUT2D eigenvalue weighted by molar-refractivity contribution is 6.17. The van der Waals surface area contributed by atoms with Crippen molar-refractivity contribution in [2.24, 2.45) is 10.2 Å². The molecule has 0 saturated heterocycles. The van der Waals surface area contributed by atoms with E-state index in [4.69, 9.17) is 0 Å². The van der Waals surface area contributed by atoms with E-state index in [0.29, 0.717) is 0 Å². The van der Waals surface area contributed by atoms with Crippen molar-refractivity contribution in [3.63, 3.8) is 0 Å². The van der Waals surface area contributed by atoms with Gasteiger partial charge in [0.1, 0.15) is 11.5 Å². The van der Waals surface area contributed by atoms with E-state index < -0.39 is 18.3 Å². The number of nitrogens with zero attached hydrogens (tertiary/aromatic N) is 2. The Kier molecular flexibility index (Phi) is 2.41. The predicted octanol–water partition coefficient (Wildman–Crippen LogP) is 2.50. The first kappa shape index (κ1) is 10.7. The van der Waals surface area contributed by atoms with E-state index in [9.17, 15) is 18.3 Å². The van der Waals surface area contributed by atoms with E-state index in [0.717, 1.165) is 0 Å². The fraction of sp³-hybridized carbons (Fsp3) is 0.200. The van der Waals surface area contributed by atoms with Crippen molar-refractivity contribution >= 4 is 11.4 Å². The Balaban J connectivity index is 2.22. The molecule has 0 amide bonds. The summed E-state index contributed by atoms with van der Waals surface area (Å²) in [5.41, 5.74) is -0.526. The fourth-order valence-corrected chi connectivity index (χ4v) is 1.37. The number of alkyl halides is 3. The molecule has 0 atom stereocenters. The Morgan fingerprint density at radius 3 is 2.38 bits per heavy atom. The lowest BCUT2D eigenvalue weighted by molar-refractivity contribution is -0.0596. The number of hydrogen-bond donors (Lipinski definition) is 1. The average Bonchev–Trinajstić information content (AvgIpc) is 2.66. The van der Waals surface area contributed by atoms with Crippen LogP contribution >= 0.6 is 0 Å². The molecule has 1 aliphatic rings. The monoisotopic (exact) mass is 228 g/mol. The lowest BCUT2D eigenvalue weighted by atomic mass is 10.0. The molecule has 0 saturated carbocycles. The van der Waals surface area contributed by atoms with E-state index in [1.54, 1.807) is 12.1 Å². The zero-order valence-electron chi connectivity index (χ0n) is 7.99. The lowest BCUT2D eigenvalue weighted by Crippen LogP contribution is -2.22. The molecule has 6 heteroatoms. The molecule has 3 nitrogen and oxygen atoms in total. The van der Waals surface area contributed by atoms with Gasteiger partial charge in [-0.1, -0.05) is 12.1 Å². The minimum absolute atomic E-state index is 0.0973. The Morgan fingerprint density at radius 2 is 1.81 bits per heavy atom. The van der Waals surface area contributed by atoms with Crippen LogP contribution in [0.3, 0.4) is 0 Å². The molecule has 0 spiro atoms. The van der Waals surface area contributed by atoms with Crippen LogP contribution in [-0.2, 0) is 0 Å². The van der Waals surface area contributed by atoms with E-state index in [2.05, 4.69) is 10.2 Å². The molecule has 84 valence electrons. The fourth-order valence-electron chi connectivity index (χ4n) is 1.37. The van der Waals surface area contributed by atoms with Crippen LogP contribution in [0.25, 0.3) is 0 Å². The van der Waals surface area contributed by atoms with Gasteiger partial charge in [0.05, 0.1) is 5.71 Å². The molecule has 0 unspecified atom stereocenters. The van der Waals surface area contributed by atoms with E-state index in [1.165, 1.54) is 12.1 Å². The zero-order chi connectivity index (χ0) is 11.8. The average molecular weight is 228 g/mol. The number of benzene rings is 1. The Bertz CT molecular complexity index is 477. The zero-order valence-corrected chi connectivity index (χ0v) is 7.99. The van der Waals surface area contributed by atoms with Crippen molar-refractivity contribution < 1.29 is 18.3 Å². The Hall–Kier alpha value is -1.85. The molecule has 1 heterocycles. The standard InChI is InChI=1S/C10H7F3N2O/c11-10(12,13)9-5-7(14-15-9)6-3-1-2-4-8(6)16/h1-4,16H,5H2. The van der Waals surface area contributed by atoms with E-state index >= 15 is 0 Å². The number of hydrogen-bond acceptors (Lipinski definition) is 3. The van der Waals surface area contributed by atoms with Crippen molar-refractivity contribution in [2.45, 2.75) is 12.6 Å². The summed E-state index contributed by atoms with van der Waals surface area (Å²) in [7, 11) is 0. The van der Waals surface area contributed by atoms with Gasteiger partial charge in [-0.05, 0) is 12.1 Å². The number of para-hydroxylation sites is 1. The molecule has 0 fully saturated rings. The summed E-state index contributed by atoms with van der Waals surface area (Å²) >= 11 is 0. The molecule has 1 N–H and O–H groups in total. The third-order valence-corrected chi connectivity index (χ3v) is 2.17. The minimum atomic E-state index is -4.46. The van der Waals surface area contributed by atoms with Crippen LogP contribution in [0, 0.1) is 0 Å². The second kappa shape index (κ2) is 3.62. The maximum Gasteiger partial charge on any atom is 0.431 e. The normalized spacial score (nSPS) is 15.9. The predicted molar refractivity (Wildman–Crippen MR) is 52.8 cm³/mol. The van der Waals surface area contributed by atoms with Crippen LogP contribution in [0.5, 0.6) is 5.75 Å². The van der Waals surface area contributed by atoms with E-state index in [-0.39, 0.29) is 17.0 Å². The maximum atomic E-state index is 12.3. The number of aromatic hydroxyl groups is 1. The van der Waals surface area contributed by atoms with Gasteiger partial charge in [0.15, 0.2) is 0 Å². The molecule has 0 aromatic heterocycles. The summed E-state index contributed by atoms with van der Waals surface area (Å²) in [4.78, 5) is 0. The van der Waals surface area contributed by atoms with Crippen LogP contribution in [0.15, 0.2) is 34.5 Å². The van der Waals surface area contributed by atoms with Gasteiger partial charge in [0.2, 0.25) is 0 Å². The summed E-state index contributed by atoms with van der Waals surface area (Å²) in [6.07, 6.45) is -4.86. The highest BCUT2D eigenvalue weighted by Gasteiger charge is 2.39. The van der Waals surface area contributed by atoms with Crippen molar-refractivity contribution in [2.75, 3.05) is 0 Å². The Morgan fingerprint density at radius 1 is 1.12 bits per heavy atom. The van der Waals surface area contributed by atoms with E-state index in [1.807, 2.05) is 0 Å². The van der Waals surface area contributed by atoms with Gasteiger partial charge in [0.25, 0.3) is 0 Å². The van der Waals surface area contributed by atoms with Gasteiger partial charge in [-0.2, -0.15) is 18.3 Å². The van der Waals surface area contributed by atoms with Gasteiger partial charge >= 0.3 is 6.18 Å². The molecule has 0 radical (unpaired) electrons. The summed E-state index contributed by atoms with van der Waals surface area (Å²) in [5, 5.41) is 16.0. The molecular weight excluding hydrogens is 221 g/mol. The Labute approximate surface area is 88.9 Å². The summed E-state index contributed by atoms with van der Waals surface area (Å²) < 4.78 is 36.9. The van der Waals surface area contributed by atoms with Gasteiger partial charge in [-0.3, -0.25) is 0 Å². The number of halogens is 3. The molecule has 0 aliphatic carbocycles. The van der Waals surface area contributed by atoms with Crippen molar-refractivity contribution in [3.05, 3.63) is 29.8 Å². The van der Waals surface area contributed by atoms with Crippen molar-refractivity contribution in [3.8, 4) is 5.75 Å². The van der Waals surface area contributed by atoms with Crippen LogP contribution < -0.4 is 0 Å². The summed E-state index contributed by atoms with van der Waals surface area (Å²) in [5.74, 6) is -0.0973. The van der Waals surface area contributed by atoms with Crippen LogP contribution in [-0.4, -0.2) is 22.7 Å². The highest BCUT2D eigenvalue weighted by atomic mass is 19.4. The third-order valence-electron chi connectivity index (χ3n) is 2.17. The SMILES string of the molecule is Oc1ccccc1C1=NN=C(C(F)(F)F)C1. The van der Waals surface area contributed by atoms with Gasteiger partial charge in [-0.15, -0.1) is 5.10 Å². The van der Waals surface area contributed by atoms with Crippen LogP contribution in [0.1, 0.15) is 12.0 Å². The molecular formula is C10H7F3N2O. The topological polar surface area (TPSA) is 45.0 Å². The number of rotatable bonds is 1. The summed E-state index contributed by atoms with van der Waals surface area (Å²) in [6, 6.07) is 6.09. The quantitative estimate of drug-likeness (QED) is 0.788. The van der Waals surface area contributed by atoms with Crippen LogP contribution in [0.2, 0.25) is 0 Å². The minimum Gasteiger partial charge on any atom is -0.507 e. The van der Waals surface area contributed by atoms with Gasteiger partial charge < -0.3 is 5.11 Å². The first-order chi connectivity index (χ1) is 7.48. The largest absolute Gasteiger partial charge is 0.507 e. The molecule has 1 aliphatic heterocycles. The number of phenols is 1. The van der Waals surface area contributed by atoms with Crippen LogP contribution in [0.4, 0.5) is 13.2 Å². The van der Waals surface area contributed by atoms with Crippen molar-refractivity contribution in [1.29, 1.82) is 0 Å². The first-order valence-corrected chi connectivity index (χ1v) is 4.47. The smallest absolute Gasteiger partial charge is 0.431 e. The maximum absolute atomic E-state index is 12.3. The van der Waals surface area contributed by atoms with Crippen molar-refractivity contribution in [1.82, 2.24) is 0 Å². The number of phenolic OH excluding ortho intramolecular Hbond substituents is 1. The highest BCUT2D eigenvalue weighted by Crippen LogP contribution is 2.27. The van der Waals surface area contributed by atoms with Gasteiger partial charge in [0, 0.05) is 12.0 Å². The second-order valence-electron chi connectivity index (χ2n) is 3.29. The second-order valence-corrected chi connectivity index (χ2v) is 3.29.